The van der Waals surface area contributed by atoms with E-state index >= 15 is 0 Å². The van der Waals surface area contributed by atoms with Crippen molar-refractivity contribution < 1.29 is 13.9 Å². The van der Waals surface area contributed by atoms with Crippen LogP contribution in [0.15, 0.2) is 18.2 Å². The first-order valence-corrected chi connectivity index (χ1v) is 5.84. The summed E-state index contributed by atoms with van der Waals surface area (Å²) >= 11 is 0. The Bertz CT molecular complexity index is 502. The normalized spacial score (nSPS) is 17.5. The summed E-state index contributed by atoms with van der Waals surface area (Å²) in [6, 6.07) is 3.84. The van der Waals surface area contributed by atoms with Gasteiger partial charge in [-0.3, -0.25) is 15.1 Å². The van der Waals surface area contributed by atoms with Gasteiger partial charge in [-0.1, -0.05) is 0 Å². The molecule has 0 saturated carbocycles. The van der Waals surface area contributed by atoms with Gasteiger partial charge in [0.05, 0.1) is 6.61 Å². The third-order valence-electron chi connectivity index (χ3n) is 2.97. The van der Waals surface area contributed by atoms with Crippen LogP contribution in [0.5, 0.6) is 0 Å². The number of hydrogen-bond acceptors (Lipinski definition) is 3. The average molecular weight is 250 g/mol. The Hall–Kier alpha value is -1.91. The van der Waals surface area contributed by atoms with Gasteiger partial charge in [-0.05, 0) is 30.7 Å². The molecule has 1 amide bonds. The minimum absolute atomic E-state index is 0.0457. The molecule has 4 nitrogen and oxygen atoms in total. The smallest absolute Gasteiger partial charge is 0.224 e. The highest BCUT2D eigenvalue weighted by molar-refractivity contribution is 6.01. The summed E-state index contributed by atoms with van der Waals surface area (Å²) in [5.41, 5.74) is 1.40. The van der Waals surface area contributed by atoms with Crippen LogP contribution in [0.3, 0.4) is 0 Å². The van der Waals surface area contributed by atoms with Crippen LogP contribution in [0.25, 0.3) is 0 Å². The first kappa shape index (κ1) is 12.5. The summed E-state index contributed by atoms with van der Waals surface area (Å²) in [4.78, 5) is 13.2. The standard InChI is InChI=1S/C13H15FN2O2/c1-3-18-13(15)12-7-9-6-10(14)4-5-11(9)16(12)8(2)17/h4-6,12,15H,3,7H2,1-2H3. The quantitative estimate of drug-likeness (QED) is 0.645. The molecule has 96 valence electrons. The van der Waals surface area contributed by atoms with Crippen LogP contribution in [-0.4, -0.2) is 24.5 Å². The molecule has 1 aliphatic heterocycles. The molecule has 0 aromatic heterocycles. The van der Waals surface area contributed by atoms with Crippen molar-refractivity contribution in [3.63, 3.8) is 0 Å². The van der Waals surface area contributed by atoms with E-state index in [0.717, 1.165) is 5.56 Å². The lowest BCUT2D eigenvalue weighted by atomic mass is 10.1. The molecule has 5 heteroatoms. The Labute approximate surface area is 105 Å². The van der Waals surface area contributed by atoms with Crippen molar-refractivity contribution in [2.45, 2.75) is 26.3 Å². The molecule has 0 radical (unpaired) electrons. The van der Waals surface area contributed by atoms with Crippen molar-refractivity contribution in [2.75, 3.05) is 11.5 Å². The number of benzene rings is 1. The van der Waals surface area contributed by atoms with E-state index in [1.807, 2.05) is 0 Å². The van der Waals surface area contributed by atoms with Crippen molar-refractivity contribution in [3.05, 3.63) is 29.6 Å². The van der Waals surface area contributed by atoms with E-state index in [1.54, 1.807) is 13.0 Å². The molecule has 1 aromatic rings. The van der Waals surface area contributed by atoms with Crippen LogP contribution < -0.4 is 4.90 Å². The van der Waals surface area contributed by atoms with Gasteiger partial charge in [0, 0.05) is 19.0 Å². The number of halogens is 1. The maximum atomic E-state index is 13.2. The number of nitrogens with zero attached hydrogens (tertiary/aromatic N) is 1. The van der Waals surface area contributed by atoms with E-state index in [-0.39, 0.29) is 17.6 Å². The van der Waals surface area contributed by atoms with Crippen molar-refractivity contribution >= 4 is 17.5 Å². The molecule has 1 heterocycles. The molecule has 0 spiro atoms. The number of nitrogens with one attached hydrogen (secondary N) is 1. The zero-order chi connectivity index (χ0) is 13.3. The van der Waals surface area contributed by atoms with Gasteiger partial charge in [-0.25, -0.2) is 4.39 Å². The van der Waals surface area contributed by atoms with Gasteiger partial charge < -0.3 is 4.74 Å². The van der Waals surface area contributed by atoms with Crippen molar-refractivity contribution in [1.29, 1.82) is 5.41 Å². The van der Waals surface area contributed by atoms with Gasteiger partial charge >= 0.3 is 0 Å². The molecule has 1 atom stereocenters. The van der Waals surface area contributed by atoms with E-state index in [2.05, 4.69) is 0 Å². The minimum Gasteiger partial charge on any atom is -0.480 e. The highest BCUT2D eigenvalue weighted by Crippen LogP contribution is 2.33. The molecule has 0 aliphatic carbocycles. The summed E-state index contributed by atoms with van der Waals surface area (Å²) in [6.45, 7) is 3.60. The molecule has 18 heavy (non-hydrogen) atoms. The van der Waals surface area contributed by atoms with Gasteiger partial charge in [-0.15, -0.1) is 0 Å². The Morgan fingerprint density at radius 2 is 2.33 bits per heavy atom. The molecule has 1 N–H and O–H groups in total. The second kappa shape index (κ2) is 4.76. The van der Waals surface area contributed by atoms with E-state index < -0.39 is 6.04 Å². The Kier molecular flexibility index (Phi) is 3.32. The fourth-order valence-corrected chi connectivity index (χ4v) is 2.27. The van der Waals surface area contributed by atoms with Gasteiger partial charge in [-0.2, -0.15) is 0 Å². The van der Waals surface area contributed by atoms with Gasteiger partial charge in [0.15, 0.2) is 0 Å². The summed E-state index contributed by atoms with van der Waals surface area (Å²) in [7, 11) is 0. The number of amides is 1. The van der Waals surface area contributed by atoms with E-state index in [0.29, 0.717) is 18.7 Å². The third-order valence-corrected chi connectivity index (χ3v) is 2.97. The molecule has 1 unspecified atom stereocenters. The lowest BCUT2D eigenvalue weighted by Crippen LogP contribution is -2.42. The van der Waals surface area contributed by atoms with Crippen LogP contribution in [0.2, 0.25) is 0 Å². The number of rotatable bonds is 2. The van der Waals surface area contributed by atoms with Crippen LogP contribution in [-0.2, 0) is 16.0 Å². The largest absolute Gasteiger partial charge is 0.480 e. The predicted molar refractivity (Wildman–Crippen MR) is 66.4 cm³/mol. The van der Waals surface area contributed by atoms with Crippen molar-refractivity contribution in [2.24, 2.45) is 0 Å². The van der Waals surface area contributed by atoms with Gasteiger partial charge in [0.25, 0.3) is 0 Å². The number of carbonyl (C=O) groups is 1. The first-order chi connectivity index (χ1) is 8.54. The van der Waals surface area contributed by atoms with E-state index in [1.165, 1.54) is 24.0 Å². The monoisotopic (exact) mass is 250 g/mol. The topological polar surface area (TPSA) is 53.4 Å². The first-order valence-electron chi connectivity index (χ1n) is 5.84. The number of fused-ring (bicyclic) bond motifs is 1. The maximum Gasteiger partial charge on any atom is 0.224 e. The second-order valence-electron chi connectivity index (χ2n) is 4.18. The molecular formula is C13H15FN2O2. The fraction of sp³-hybridized carbons (Fsp3) is 0.385. The number of hydrogen-bond donors (Lipinski definition) is 1. The van der Waals surface area contributed by atoms with Gasteiger partial charge in [0.2, 0.25) is 11.8 Å². The van der Waals surface area contributed by atoms with Crippen molar-refractivity contribution in [3.8, 4) is 0 Å². The molecule has 0 bridgehead atoms. The lowest BCUT2D eigenvalue weighted by Gasteiger charge is -2.24. The van der Waals surface area contributed by atoms with Gasteiger partial charge in [0.1, 0.15) is 11.9 Å². The summed E-state index contributed by atoms with van der Waals surface area (Å²) in [5.74, 6) is -0.458. The fourth-order valence-electron chi connectivity index (χ4n) is 2.27. The zero-order valence-electron chi connectivity index (χ0n) is 10.4. The summed E-state index contributed by atoms with van der Waals surface area (Å²) < 4.78 is 18.3. The van der Waals surface area contributed by atoms with Crippen molar-refractivity contribution in [1.82, 2.24) is 0 Å². The Balaban J connectivity index is 2.37. The Morgan fingerprint density at radius 3 is 2.94 bits per heavy atom. The SMILES string of the molecule is CCOC(=N)C1Cc2cc(F)ccc2N1C(C)=O. The highest BCUT2D eigenvalue weighted by atomic mass is 19.1. The molecule has 2 rings (SSSR count). The predicted octanol–water partition coefficient (Wildman–Crippen LogP) is 2.12. The zero-order valence-corrected chi connectivity index (χ0v) is 10.4. The van der Waals surface area contributed by atoms with E-state index in [9.17, 15) is 9.18 Å². The van der Waals surface area contributed by atoms with E-state index in [4.69, 9.17) is 10.1 Å². The number of ether oxygens (including phenoxy) is 1. The molecular weight excluding hydrogens is 235 g/mol. The summed E-state index contributed by atoms with van der Waals surface area (Å²) in [6.07, 6.45) is 0.422. The van der Waals surface area contributed by atoms with Crippen LogP contribution in [0, 0.1) is 11.2 Å². The summed E-state index contributed by atoms with van der Waals surface area (Å²) in [5, 5.41) is 7.83. The lowest BCUT2D eigenvalue weighted by molar-refractivity contribution is -0.116. The molecule has 0 saturated heterocycles. The highest BCUT2D eigenvalue weighted by Gasteiger charge is 2.36. The molecule has 0 fully saturated rings. The molecule has 1 aromatic carbocycles. The maximum absolute atomic E-state index is 13.2. The Morgan fingerprint density at radius 1 is 1.61 bits per heavy atom. The third kappa shape index (κ3) is 2.08. The van der Waals surface area contributed by atoms with Crippen LogP contribution >= 0.6 is 0 Å². The minimum atomic E-state index is -0.459. The number of anilines is 1. The average Bonchev–Trinajstić information content (AvgIpc) is 2.67. The number of carbonyl (C=O) groups excluding carboxylic acids is 1. The van der Waals surface area contributed by atoms with Crippen LogP contribution in [0.4, 0.5) is 10.1 Å². The second-order valence-corrected chi connectivity index (χ2v) is 4.18. The van der Waals surface area contributed by atoms with Crippen LogP contribution in [0.1, 0.15) is 19.4 Å². The molecule has 1 aliphatic rings.